The second kappa shape index (κ2) is 9.14. The van der Waals surface area contributed by atoms with Crippen LogP contribution >= 0.6 is 0 Å². The summed E-state index contributed by atoms with van der Waals surface area (Å²) in [5, 5.41) is 0. The number of rotatable bonds is 12. The topological polar surface area (TPSA) is 49.5 Å². The molecule has 1 heterocycles. The SMILES string of the molecule is C=C(C)O[SiH](OCCCCOCC1CO1)OC(=C)C. The molecule has 1 fully saturated rings. The molecule has 0 spiro atoms. The zero-order valence-corrected chi connectivity index (χ0v) is 13.0. The molecule has 1 atom stereocenters. The van der Waals surface area contributed by atoms with Gasteiger partial charge in [-0.25, -0.2) is 0 Å². The lowest BCUT2D eigenvalue weighted by molar-refractivity contribution is 0.103. The highest BCUT2D eigenvalue weighted by Crippen LogP contribution is 2.09. The Bertz CT molecular complexity index is 275. The van der Waals surface area contributed by atoms with Crippen LogP contribution in [0.4, 0.5) is 0 Å². The van der Waals surface area contributed by atoms with Crippen LogP contribution in [0.5, 0.6) is 0 Å². The fourth-order valence-electron chi connectivity index (χ4n) is 1.29. The Balaban J connectivity index is 1.98. The Morgan fingerprint density at radius 3 is 2.26 bits per heavy atom. The second-order valence-electron chi connectivity index (χ2n) is 4.54. The third kappa shape index (κ3) is 9.72. The highest BCUT2D eigenvalue weighted by atomic mass is 28.3. The maximum absolute atomic E-state index is 5.60. The van der Waals surface area contributed by atoms with E-state index in [1.165, 1.54) is 0 Å². The first-order valence-electron chi connectivity index (χ1n) is 6.53. The molecule has 1 aliphatic heterocycles. The number of epoxide rings is 1. The van der Waals surface area contributed by atoms with Crippen LogP contribution in [0.15, 0.2) is 24.7 Å². The summed E-state index contributed by atoms with van der Waals surface area (Å²) in [5.41, 5.74) is 0. The number of ether oxygens (including phenoxy) is 2. The van der Waals surface area contributed by atoms with Crippen LogP contribution in [-0.2, 0) is 22.8 Å². The highest BCUT2D eigenvalue weighted by molar-refractivity contribution is 6.37. The van der Waals surface area contributed by atoms with Crippen molar-refractivity contribution in [3.8, 4) is 0 Å². The van der Waals surface area contributed by atoms with Crippen molar-refractivity contribution >= 4 is 9.53 Å². The van der Waals surface area contributed by atoms with Crippen molar-refractivity contribution < 1.29 is 22.8 Å². The van der Waals surface area contributed by atoms with Gasteiger partial charge in [-0.15, -0.1) is 0 Å². The summed E-state index contributed by atoms with van der Waals surface area (Å²) in [5.74, 6) is 1.20. The Hall–Kier alpha value is -0.823. The van der Waals surface area contributed by atoms with E-state index in [1.807, 2.05) is 0 Å². The minimum Gasteiger partial charge on any atom is -0.499 e. The third-order valence-corrected chi connectivity index (χ3v) is 3.94. The molecule has 0 amide bonds. The van der Waals surface area contributed by atoms with E-state index in [0.717, 1.165) is 26.1 Å². The quantitative estimate of drug-likeness (QED) is 0.238. The Morgan fingerprint density at radius 1 is 1.16 bits per heavy atom. The monoisotopic (exact) mass is 288 g/mol. The van der Waals surface area contributed by atoms with E-state index in [9.17, 15) is 0 Å². The lowest BCUT2D eigenvalue weighted by atomic mass is 10.3. The zero-order valence-electron chi connectivity index (χ0n) is 11.9. The molecule has 0 aliphatic carbocycles. The average molecular weight is 288 g/mol. The Morgan fingerprint density at radius 2 is 1.74 bits per heavy atom. The second-order valence-corrected chi connectivity index (χ2v) is 5.92. The molecule has 0 aromatic carbocycles. The molecule has 0 aromatic heterocycles. The van der Waals surface area contributed by atoms with Gasteiger partial charge in [0.05, 0.1) is 24.7 Å². The van der Waals surface area contributed by atoms with Crippen LogP contribution < -0.4 is 0 Å². The van der Waals surface area contributed by atoms with E-state index in [-0.39, 0.29) is 0 Å². The van der Waals surface area contributed by atoms with E-state index in [4.69, 9.17) is 22.8 Å². The standard InChI is InChI=1S/C13H24O5Si/c1-11(2)17-19(18-12(3)4)16-8-6-5-7-14-9-13-10-15-13/h13,19H,1,3,5-10H2,2,4H3. The number of hydrogen-bond donors (Lipinski definition) is 0. The van der Waals surface area contributed by atoms with E-state index >= 15 is 0 Å². The molecule has 19 heavy (non-hydrogen) atoms. The van der Waals surface area contributed by atoms with Crippen molar-refractivity contribution in [2.24, 2.45) is 0 Å². The van der Waals surface area contributed by atoms with Gasteiger partial charge in [0.25, 0.3) is 0 Å². The molecule has 0 saturated carbocycles. The normalized spacial score (nSPS) is 17.3. The van der Waals surface area contributed by atoms with Crippen LogP contribution in [0.2, 0.25) is 0 Å². The lowest BCUT2D eigenvalue weighted by Crippen LogP contribution is -2.26. The van der Waals surface area contributed by atoms with Crippen molar-refractivity contribution in [3.05, 3.63) is 24.7 Å². The predicted molar refractivity (Wildman–Crippen MR) is 74.7 cm³/mol. The molecule has 0 aromatic rings. The summed E-state index contributed by atoms with van der Waals surface area (Å²) in [6.45, 7) is 13.8. The Labute approximate surface area is 117 Å². The van der Waals surface area contributed by atoms with Gasteiger partial charge in [-0.1, -0.05) is 13.2 Å². The Kier molecular flexibility index (Phi) is 7.81. The summed E-state index contributed by atoms with van der Waals surface area (Å²) >= 11 is 0. The number of hydrogen-bond acceptors (Lipinski definition) is 5. The van der Waals surface area contributed by atoms with E-state index in [1.54, 1.807) is 13.8 Å². The summed E-state index contributed by atoms with van der Waals surface area (Å²) in [6.07, 6.45) is 2.20. The first kappa shape index (κ1) is 16.2. The van der Waals surface area contributed by atoms with Gasteiger partial charge in [-0.05, 0) is 26.7 Å². The number of unbranched alkanes of at least 4 members (excludes halogenated alkanes) is 1. The third-order valence-electron chi connectivity index (χ3n) is 2.24. The molecule has 1 unspecified atom stereocenters. The maximum Gasteiger partial charge on any atom is 0.615 e. The summed E-state index contributed by atoms with van der Waals surface area (Å²) in [7, 11) is -2.17. The fraction of sp³-hybridized carbons (Fsp3) is 0.692. The van der Waals surface area contributed by atoms with Crippen LogP contribution in [0, 0.1) is 0 Å². The number of allylic oxidation sites excluding steroid dienone is 2. The van der Waals surface area contributed by atoms with Crippen molar-refractivity contribution in [2.45, 2.75) is 32.8 Å². The highest BCUT2D eigenvalue weighted by Gasteiger charge is 2.22. The summed E-state index contributed by atoms with van der Waals surface area (Å²) in [6, 6.07) is 0. The molecule has 1 aliphatic rings. The van der Waals surface area contributed by atoms with Gasteiger partial charge in [0, 0.05) is 13.2 Å². The van der Waals surface area contributed by atoms with E-state index < -0.39 is 9.53 Å². The predicted octanol–water partition coefficient (Wildman–Crippen LogP) is 2.02. The summed E-state index contributed by atoms with van der Waals surface area (Å²) < 4.78 is 26.9. The molecular formula is C13H24O5Si. The molecule has 0 bridgehead atoms. The van der Waals surface area contributed by atoms with Gasteiger partial charge >= 0.3 is 9.53 Å². The van der Waals surface area contributed by atoms with Gasteiger partial charge in [0.2, 0.25) is 0 Å². The molecule has 6 heteroatoms. The van der Waals surface area contributed by atoms with Crippen LogP contribution in [0.3, 0.4) is 0 Å². The molecule has 110 valence electrons. The van der Waals surface area contributed by atoms with Gasteiger partial charge < -0.3 is 22.8 Å². The van der Waals surface area contributed by atoms with Gasteiger partial charge in [0.15, 0.2) is 0 Å². The van der Waals surface area contributed by atoms with Gasteiger partial charge in [0.1, 0.15) is 6.10 Å². The van der Waals surface area contributed by atoms with Crippen molar-refractivity contribution in [1.29, 1.82) is 0 Å². The van der Waals surface area contributed by atoms with Crippen molar-refractivity contribution in [1.82, 2.24) is 0 Å². The van der Waals surface area contributed by atoms with Crippen LogP contribution in [0.25, 0.3) is 0 Å². The first-order chi connectivity index (χ1) is 9.08. The molecule has 1 saturated heterocycles. The lowest BCUT2D eigenvalue weighted by Gasteiger charge is -2.18. The molecule has 1 rings (SSSR count). The van der Waals surface area contributed by atoms with Gasteiger partial charge in [-0.2, -0.15) is 0 Å². The van der Waals surface area contributed by atoms with Crippen LogP contribution in [-0.4, -0.2) is 42.1 Å². The average Bonchev–Trinajstić information content (AvgIpc) is 3.09. The minimum absolute atomic E-state index is 0.334. The maximum atomic E-state index is 5.60. The van der Waals surface area contributed by atoms with Crippen molar-refractivity contribution in [2.75, 3.05) is 26.4 Å². The van der Waals surface area contributed by atoms with Gasteiger partial charge in [-0.3, -0.25) is 0 Å². The zero-order chi connectivity index (χ0) is 14.1. The van der Waals surface area contributed by atoms with E-state index in [2.05, 4.69) is 13.2 Å². The smallest absolute Gasteiger partial charge is 0.499 e. The molecule has 0 N–H and O–H groups in total. The fourth-order valence-corrected chi connectivity index (χ4v) is 2.49. The minimum atomic E-state index is -2.17. The van der Waals surface area contributed by atoms with Crippen molar-refractivity contribution in [3.63, 3.8) is 0 Å². The summed E-state index contributed by atoms with van der Waals surface area (Å²) in [4.78, 5) is 0. The first-order valence-corrected chi connectivity index (χ1v) is 7.94. The molecule has 0 radical (unpaired) electrons. The molecule has 5 nitrogen and oxygen atoms in total. The molecular weight excluding hydrogens is 264 g/mol. The largest absolute Gasteiger partial charge is 0.615 e. The van der Waals surface area contributed by atoms with E-state index in [0.29, 0.717) is 30.8 Å². The van der Waals surface area contributed by atoms with Crippen LogP contribution in [0.1, 0.15) is 26.7 Å².